The predicted octanol–water partition coefficient (Wildman–Crippen LogP) is 9.08. The number of hydrogen-bond acceptors (Lipinski definition) is 7. The molecule has 7 nitrogen and oxygen atoms in total. The topological polar surface area (TPSA) is 90.2 Å². The van der Waals surface area contributed by atoms with Crippen molar-refractivity contribution in [1.29, 1.82) is 0 Å². The maximum absolute atomic E-state index is 4.08. The molecule has 0 fully saturated rings. The first kappa shape index (κ1) is 43.4. The minimum Gasteiger partial charge on any atom is -0.261 e. The first-order valence-corrected chi connectivity index (χ1v) is 14.3. The Morgan fingerprint density at radius 2 is 0.650 bits per heavy atom. The van der Waals surface area contributed by atoms with Crippen LogP contribution in [0.25, 0.3) is 0 Å². The highest BCUT2D eigenvalue weighted by Crippen LogP contribution is 1.95. The molecule has 4 aromatic heterocycles. The van der Waals surface area contributed by atoms with E-state index >= 15 is 0 Å². The van der Waals surface area contributed by atoms with Gasteiger partial charge in [0.1, 0.15) is 5.82 Å². The summed E-state index contributed by atoms with van der Waals surface area (Å²) in [7, 11) is 0. The third-order valence-electron chi connectivity index (χ3n) is 3.81. The van der Waals surface area contributed by atoms with Crippen LogP contribution >= 0.6 is 0 Å². The monoisotopic (exact) mass is 551 g/mol. The largest absolute Gasteiger partial charge is 0.261 e. The summed E-state index contributed by atoms with van der Waals surface area (Å²) in [6.45, 7) is 31.6. The maximum Gasteiger partial charge on any atom is 0.125 e. The van der Waals surface area contributed by atoms with E-state index < -0.39 is 0 Å². The van der Waals surface area contributed by atoms with Crippen LogP contribution in [-0.4, -0.2) is 35.1 Å². The van der Waals surface area contributed by atoms with Gasteiger partial charge in [-0.1, -0.05) is 61.5 Å². The molecular formula is C33H57N7. The van der Waals surface area contributed by atoms with Crippen LogP contribution < -0.4 is 0 Å². The molecule has 224 valence electrons. The molecule has 0 aliphatic rings. The molecule has 0 atom stereocenters. The van der Waals surface area contributed by atoms with E-state index in [9.17, 15) is 0 Å². The van der Waals surface area contributed by atoms with Gasteiger partial charge < -0.3 is 0 Å². The summed E-state index contributed by atoms with van der Waals surface area (Å²) in [5.74, 6) is 0.829. The number of aromatic nitrogens is 7. The minimum absolute atomic E-state index is 0.829. The standard InChI is InChI=1S/C7H9N.3C6H8N2.4C2H6/c1-6-3-4-7(2)8-5-6;1-5-3-8-6(2)4-7-5;1-5-3-7-6(2)8-4-5;1-5-3-4-6(2)8-7-5;4*1-2/h3-5H,1-2H3;3*3-4H,1-2H3;4*1-2H3. The van der Waals surface area contributed by atoms with Gasteiger partial charge in [0, 0.05) is 36.7 Å². The van der Waals surface area contributed by atoms with Gasteiger partial charge in [-0.3, -0.25) is 15.0 Å². The van der Waals surface area contributed by atoms with Gasteiger partial charge in [0.15, 0.2) is 0 Å². The van der Waals surface area contributed by atoms with Crippen molar-refractivity contribution in [3.05, 3.63) is 101 Å². The van der Waals surface area contributed by atoms with Gasteiger partial charge in [0.05, 0.1) is 22.8 Å². The molecule has 0 bridgehead atoms. The summed E-state index contributed by atoms with van der Waals surface area (Å²) in [5, 5.41) is 7.66. The Morgan fingerprint density at radius 1 is 0.325 bits per heavy atom. The summed E-state index contributed by atoms with van der Waals surface area (Å²) in [4.78, 5) is 20.0. The lowest BCUT2D eigenvalue weighted by Crippen LogP contribution is -1.86. The first-order chi connectivity index (χ1) is 19.2. The molecule has 40 heavy (non-hydrogen) atoms. The lowest BCUT2D eigenvalue weighted by atomic mass is 10.3. The van der Waals surface area contributed by atoms with Crippen molar-refractivity contribution in [3.63, 3.8) is 0 Å². The second kappa shape index (κ2) is 31.6. The molecule has 0 saturated heterocycles. The van der Waals surface area contributed by atoms with Crippen molar-refractivity contribution in [2.45, 2.75) is 111 Å². The molecule has 0 amide bonds. The fourth-order valence-electron chi connectivity index (χ4n) is 1.92. The lowest BCUT2D eigenvalue weighted by molar-refractivity contribution is 0.941. The number of rotatable bonds is 0. The SMILES string of the molecule is CC.CC.CC.CC.Cc1ccc(C)nc1.Cc1ccc(C)nn1.Cc1cnc(C)cn1.Cc1cnc(C)nc1. The molecule has 0 aromatic carbocycles. The van der Waals surface area contributed by atoms with E-state index in [2.05, 4.69) is 41.2 Å². The second-order valence-electron chi connectivity index (χ2n) is 7.40. The Hall–Kier alpha value is -3.61. The van der Waals surface area contributed by atoms with Crippen LogP contribution in [0.5, 0.6) is 0 Å². The summed E-state index contributed by atoms with van der Waals surface area (Å²) >= 11 is 0. The van der Waals surface area contributed by atoms with E-state index in [1.165, 1.54) is 5.56 Å². The molecule has 4 heterocycles. The van der Waals surface area contributed by atoms with E-state index in [-0.39, 0.29) is 0 Å². The Balaban J connectivity index is -0.000000199. The van der Waals surface area contributed by atoms with Gasteiger partial charge in [-0.05, 0) is 84.7 Å². The maximum atomic E-state index is 4.08. The lowest BCUT2D eigenvalue weighted by Gasteiger charge is -1.89. The van der Waals surface area contributed by atoms with Gasteiger partial charge in [0.2, 0.25) is 0 Å². The van der Waals surface area contributed by atoms with E-state index in [4.69, 9.17) is 0 Å². The van der Waals surface area contributed by atoms with Gasteiger partial charge >= 0.3 is 0 Å². The van der Waals surface area contributed by atoms with Crippen molar-refractivity contribution in [3.8, 4) is 0 Å². The molecule has 0 aliphatic heterocycles. The molecule has 0 aliphatic carbocycles. The molecule has 4 aromatic rings. The normalized spacial score (nSPS) is 8.00. The summed E-state index contributed by atoms with van der Waals surface area (Å²) in [6.07, 6.45) is 9.00. The van der Waals surface area contributed by atoms with Crippen LogP contribution in [0.4, 0.5) is 0 Å². The van der Waals surface area contributed by atoms with E-state index in [1.807, 2.05) is 148 Å². The highest BCUT2D eigenvalue weighted by molar-refractivity contribution is 5.10. The second-order valence-corrected chi connectivity index (χ2v) is 7.40. The fraction of sp³-hybridized carbons (Fsp3) is 0.485. The molecule has 4 rings (SSSR count). The molecule has 0 radical (unpaired) electrons. The Kier molecular flexibility index (Phi) is 34.3. The van der Waals surface area contributed by atoms with Gasteiger partial charge in [-0.2, -0.15) is 10.2 Å². The highest BCUT2D eigenvalue weighted by atomic mass is 15.1. The number of pyridine rings is 1. The molecule has 0 saturated carbocycles. The average Bonchev–Trinajstić information content (AvgIpc) is 3.00. The van der Waals surface area contributed by atoms with E-state index in [1.54, 1.807) is 12.4 Å². The third kappa shape index (κ3) is 29.0. The van der Waals surface area contributed by atoms with Crippen LogP contribution in [0.2, 0.25) is 0 Å². The fourth-order valence-corrected chi connectivity index (χ4v) is 1.92. The number of hydrogen-bond donors (Lipinski definition) is 0. The zero-order valence-corrected chi connectivity index (χ0v) is 28.3. The summed E-state index contributed by atoms with van der Waals surface area (Å²) in [5.41, 5.74) is 7.28. The zero-order valence-electron chi connectivity index (χ0n) is 28.3. The minimum atomic E-state index is 0.829. The van der Waals surface area contributed by atoms with Crippen LogP contribution in [-0.2, 0) is 0 Å². The van der Waals surface area contributed by atoms with Crippen LogP contribution in [0.3, 0.4) is 0 Å². The van der Waals surface area contributed by atoms with E-state index in [0.717, 1.165) is 39.9 Å². The van der Waals surface area contributed by atoms with Crippen molar-refractivity contribution >= 4 is 0 Å². The first-order valence-electron chi connectivity index (χ1n) is 14.3. The quantitative estimate of drug-likeness (QED) is 0.215. The summed E-state index contributed by atoms with van der Waals surface area (Å²) in [6, 6.07) is 7.96. The molecule has 7 heteroatoms. The molecular weight excluding hydrogens is 494 g/mol. The van der Waals surface area contributed by atoms with Gasteiger partial charge in [0.25, 0.3) is 0 Å². The van der Waals surface area contributed by atoms with Crippen molar-refractivity contribution in [2.75, 3.05) is 0 Å². The molecule has 0 spiro atoms. The number of nitrogens with zero attached hydrogens (tertiary/aromatic N) is 7. The van der Waals surface area contributed by atoms with Crippen molar-refractivity contribution in [1.82, 2.24) is 35.1 Å². The summed E-state index contributed by atoms with van der Waals surface area (Å²) < 4.78 is 0. The Bertz CT molecular complexity index is 756. The van der Waals surface area contributed by atoms with Gasteiger partial charge in [-0.15, -0.1) is 0 Å². The number of aryl methyl sites for hydroxylation is 8. The Labute approximate surface area is 246 Å². The third-order valence-corrected chi connectivity index (χ3v) is 3.81. The smallest absolute Gasteiger partial charge is 0.125 e. The zero-order chi connectivity index (χ0) is 31.9. The molecule has 0 unspecified atom stereocenters. The van der Waals surface area contributed by atoms with Gasteiger partial charge in [-0.25, -0.2) is 9.97 Å². The Morgan fingerprint density at radius 3 is 0.900 bits per heavy atom. The predicted molar refractivity (Wildman–Crippen MR) is 174 cm³/mol. The molecule has 0 N–H and O–H groups in total. The highest BCUT2D eigenvalue weighted by Gasteiger charge is 1.84. The van der Waals surface area contributed by atoms with Crippen LogP contribution in [0, 0.1) is 55.4 Å². The average molecular weight is 552 g/mol. The van der Waals surface area contributed by atoms with Crippen LogP contribution in [0.1, 0.15) is 101 Å². The van der Waals surface area contributed by atoms with E-state index in [0.29, 0.717) is 0 Å². The van der Waals surface area contributed by atoms with Crippen molar-refractivity contribution in [2.24, 2.45) is 0 Å². The van der Waals surface area contributed by atoms with Crippen LogP contribution in [0.15, 0.2) is 55.2 Å². The van der Waals surface area contributed by atoms with Crippen molar-refractivity contribution < 1.29 is 0 Å².